The van der Waals surface area contributed by atoms with Crippen molar-refractivity contribution in [1.82, 2.24) is 4.98 Å². The van der Waals surface area contributed by atoms with Gasteiger partial charge in [-0.1, -0.05) is 12.1 Å². The van der Waals surface area contributed by atoms with Gasteiger partial charge < -0.3 is 11.1 Å². The molecule has 1 unspecified atom stereocenters. The van der Waals surface area contributed by atoms with E-state index in [4.69, 9.17) is 5.73 Å². The number of halogens is 1. The molecule has 94 valence electrons. The highest BCUT2D eigenvalue weighted by Crippen LogP contribution is 2.19. The van der Waals surface area contributed by atoms with E-state index in [1.54, 1.807) is 12.3 Å². The summed E-state index contributed by atoms with van der Waals surface area (Å²) in [6, 6.07) is 10.2. The highest BCUT2D eigenvalue weighted by Gasteiger charge is 2.09. The molecule has 3 N–H and O–H groups in total. The van der Waals surface area contributed by atoms with Gasteiger partial charge in [0.2, 0.25) is 0 Å². The second kappa shape index (κ2) is 5.60. The highest BCUT2D eigenvalue weighted by atomic mass is 19.1. The zero-order valence-corrected chi connectivity index (χ0v) is 10.2. The van der Waals surface area contributed by atoms with Crippen LogP contribution in [0.5, 0.6) is 0 Å². The third-order valence-electron chi connectivity index (χ3n) is 2.74. The number of aromatic nitrogens is 1. The van der Waals surface area contributed by atoms with Gasteiger partial charge in [-0.25, -0.2) is 4.39 Å². The Balaban J connectivity index is 2.17. The fourth-order valence-corrected chi connectivity index (χ4v) is 1.74. The van der Waals surface area contributed by atoms with Gasteiger partial charge in [-0.05, 0) is 36.8 Å². The Hall–Kier alpha value is -1.94. The molecule has 0 fully saturated rings. The number of hydrogen-bond donors (Lipinski definition) is 2. The van der Waals surface area contributed by atoms with Crippen molar-refractivity contribution >= 4 is 5.69 Å². The van der Waals surface area contributed by atoms with Gasteiger partial charge in [0.05, 0.1) is 6.04 Å². The summed E-state index contributed by atoms with van der Waals surface area (Å²) in [5.74, 6) is -0.266. The molecule has 3 nitrogen and oxygen atoms in total. The van der Waals surface area contributed by atoms with E-state index in [9.17, 15) is 4.39 Å². The number of aryl methyl sites for hydroxylation is 1. The summed E-state index contributed by atoms with van der Waals surface area (Å²) in [4.78, 5) is 4.24. The van der Waals surface area contributed by atoms with Crippen molar-refractivity contribution in [2.75, 3.05) is 11.9 Å². The molecule has 2 rings (SSSR count). The summed E-state index contributed by atoms with van der Waals surface area (Å²) in [6.07, 6.45) is 1.79. The van der Waals surface area contributed by atoms with Crippen LogP contribution in [0, 0.1) is 12.7 Å². The largest absolute Gasteiger partial charge is 0.377 e. The SMILES string of the molecule is Cc1ccc(C(CN)Nc2cccc(F)c2)cn1. The van der Waals surface area contributed by atoms with E-state index >= 15 is 0 Å². The second-order valence-corrected chi connectivity index (χ2v) is 4.18. The lowest BCUT2D eigenvalue weighted by Crippen LogP contribution is -2.20. The maximum absolute atomic E-state index is 13.1. The van der Waals surface area contributed by atoms with Crippen molar-refractivity contribution in [2.24, 2.45) is 5.73 Å². The molecule has 1 aromatic carbocycles. The van der Waals surface area contributed by atoms with Crippen LogP contribution in [0.2, 0.25) is 0 Å². The fraction of sp³-hybridized carbons (Fsp3) is 0.214. The van der Waals surface area contributed by atoms with Crippen LogP contribution in [-0.2, 0) is 0 Å². The van der Waals surface area contributed by atoms with Crippen molar-refractivity contribution in [3.05, 3.63) is 59.7 Å². The Morgan fingerprint density at radius 1 is 1.33 bits per heavy atom. The first-order valence-electron chi connectivity index (χ1n) is 5.84. The summed E-state index contributed by atoms with van der Waals surface area (Å²) in [6.45, 7) is 2.35. The summed E-state index contributed by atoms with van der Waals surface area (Å²) in [5.41, 5.74) is 8.41. The molecule has 0 saturated carbocycles. The number of hydrogen-bond acceptors (Lipinski definition) is 3. The number of nitrogens with two attached hydrogens (primary N) is 1. The van der Waals surface area contributed by atoms with Gasteiger partial charge >= 0.3 is 0 Å². The average molecular weight is 245 g/mol. The molecule has 0 radical (unpaired) electrons. The Morgan fingerprint density at radius 3 is 2.78 bits per heavy atom. The zero-order chi connectivity index (χ0) is 13.0. The minimum absolute atomic E-state index is 0.0695. The van der Waals surface area contributed by atoms with Gasteiger partial charge in [0.1, 0.15) is 5.82 Å². The third kappa shape index (κ3) is 3.05. The topological polar surface area (TPSA) is 50.9 Å². The first-order chi connectivity index (χ1) is 8.69. The van der Waals surface area contributed by atoms with Crippen molar-refractivity contribution in [2.45, 2.75) is 13.0 Å². The van der Waals surface area contributed by atoms with Gasteiger partial charge in [0.15, 0.2) is 0 Å². The van der Waals surface area contributed by atoms with E-state index in [1.807, 2.05) is 25.1 Å². The van der Waals surface area contributed by atoms with Crippen molar-refractivity contribution < 1.29 is 4.39 Å². The second-order valence-electron chi connectivity index (χ2n) is 4.18. The van der Waals surface area contributed by atoms with Gasteiger partial charge in [0.25, 0.3) is 0 Å². The number of nitrogens with zero attached hydrogens (tertiary/aromatic N) is 1. The minimum atomic E-state index is -0.266. The molecule has 1 atom stereocenters. The van der Waals surface area contributed by atoms with Crippen LogP contribution in [0.3, 0.4) is 0 Å². The summed E-state index contributed by atoms with van der Waals surface area (Å²) in [5, 5.41) is 3.20. The van der Waals surface area contributed by atoms with E-state index in [0.29, 0.717) is 12.2 Å². The van der Waals surface area contributed by atoms with Crippen LogP contribution in [0.1, 0.15) is 17.3 Å². The molecule has 0 saturated heterocycles. The maximum Gasteiger partial charge on any atom is 0.125 e. The lowest BCUT2D eigenvalue weighted by molar-refractivity contribution is 0.627. The molecular weight excluding hydrogens is 229 g/mol. The van der Waals surface area contributed by atoms with E-state index in [-0.39, 0.29) is 11.9 Å². The Morgan fingerprint density at radius 2 is 2.17 bits per heavy atom. The fourth-order valence-electron chi connectivity index (χ4n) is 1.74. The quantitative estimate of drug-likeness (QED) is 0.870. The maximum atomic E-state index is 13.1. The Bertz CT molecular complexity index is 511. The highest BCUT2D eigenvalue weighted by molar-refractivity contribution is 5.45. The van der Waals surface area contributed by atoms with Crippen LogP contribution in [-0.4, -0.2) is 11.5 Å². The predicted octanol–water partition coefficient (Wildman–Crippen LogP) is 2.64. The summed E-state index contributed by atoms with van der Waals surface area (Å²) in [7, 11) is 0. The van der Waals surface area contributed by atoms with Crippen LogP contribution < -0.4 is 11.1 Å². The molecule has 0 aliphatic carbocycles. The monoisotopic (exact) mass is 245 g/mol. The van der Waals surface area contributed by atoms with E-state index in [2.05, 4.69) is 10.3 Å². The van der Waals surface area contributed by atoms with Crippen molar-refractivity contribution in [3.8, 4) is 0 Å². The van der Waals surface area contributed by atoms with E-state index in [1.165, 1.54) is 12.1 Å². The van der Waals surface area contributed by atoms with Crippen LogP contribution in [0.25, 0.3) is 0 Å². The molecule has 1 heterocycles. The molecule has 4 heteroatoms. The van der Waals surface area contributed by atoms with Gasteiger partial charge in [-0.15, -0.1) is 0 Å². The lowest BCUT2D eigenvalue weighted by atomic mass is 10.1. The molecule has 2 aromatic rings. The molecule has 1 aromatic heterocycles. The summed E-state index contributed by atoms with van der Waals surface area (Å²) >= 11 is 0. The van der Waals surface area contributed by atoms with Crippen LogP contribution in [0.15, 0.2) is 42.6 Å². The molecular formula is C14H16FN3. The smallest absolute Gasteiger partial charge is 0.125 e. The zero-order valence-electron chi connectivity index (χ0n) is 10.2. The van der Waals surface area contributed by atoms with Gasteiger partial charge in [0, 0.05) is 24.1 Å². The molecule has 0 bridgehead atoms. The Kier molecular flexibility index (Phi) is 3.89. The van der Waals surface area contributed by atoms with Gasteiger partial charge in [-0.2, -0.15) is 0 Å². The number of nitrogens with one attached hydrogen (secondary N) is 1. The number of anilines is 1. The third-order valence-corrected chi connectivity index (χ3v) is 2.74. The lowest BCUT2D eigenvalue weighted by Gasteiger charge is -2.18. The molecule has 0 amide bonds. The molecule has 18 heavy (non-hydrogen) atoms. The average Bonchev–Trinajstić information content (AvgIpc) is 2.37. The summed E-state index contributed by atoms with van der Waals surface area (Å²) < 4.78 is 13.1. The molecule has 0 aliphatic rings. The van der Waals surface area contributed by atoms with E-state index < -0.39 is 0 Å². The molecule has 0 spiro atoms. The number of benzene rings is 1. The standard InChI is InChI=1S/C14H16FN3/c1-10-5-6-11(9-17-10)14(8-16)18-13-4-2-3-12(15)7-13/h2-7,9,14,18H,8,16H2,1H3. The number of rotatable bonds is 4. The minimum Gasteiger partial charge on any atom is -0.377 e. The van der Waals surface area contributed by atoms with Crippen LogP contribution >= 0.6 is 0 Å². The predicted molar refractivity (Wildman–Crippen MR) is 70.8 cm³/mol. The van der Waals surface area contributed by atoms with Crippen molar-refractivity contribution in [1.29, 1.82) is 0 Å². The first-order valence-corrected chi connectivity index (χ1v) is 5.84. The van der Waals surface area contributed by atoms with E-state index in [0.717, 1.165) is 11.3 Å². The molecule has 0 aliphatic heterocycles. The number of pyridine rings is 1. The first kappa shape index (κ1) is 12.5. The van der Waals surface area contributed by atoms with Crippen LogP contribution in [0.4, 0.5) is 10.1 Å². The normalized spacial score (nSPS) is 12.2. The van der Waals surface area contributed by atoms with Gasteiger partial charge in [-0.3, -0.25) is 4.98 Å². The Labute approximate surface area is 106 Å². The van der Waals surface area contributed by atoms with Crippen molar-refractivity contribution in [3.63, 3.8) is 0 Å².